The van der Waals surface area contributed by atoms with Crippen molar-refractivity contribution in [1.29, 1.82) is 0 Å². The topological polar surface area (TPSA) is 58.6 Å². The van der Waals surface area contributed by atoms with Crippen LogP contribution in [-0.4, -0.2) is 30.8 Å². The minimum Gasteiger partial charge on any atom is -0.480 e. The van der Waals surface area contributed by atoms with E-state index in [2.05, 4.69) is 12.2 Å². The van der Waals surface area contributed by atoms with Gasteiger partial charge in [-0.25, -0.2) is 4.79 Å². The molecule has 0 radical (unpaired) electrons. The quantitative estimate of drug-likeness (QED) is 0.763. The lowest BCUT2D eigenvalue weighted by Gasteiger charge is -2.15. The van der Waals surface area contributed by atoms with Crippen molar-refractivity contribution in [3.63, 3.8) is 0 Å². The minimum absolute atomic E-state index is 0.145. The first-order valence-electron chi connectivity index (χ1n) is 5.74. The van der Waals surface area contributed by atoms with Crippen LogP contribution >= 0.6 is 0 Å². The van der Waals surface area contributed by atoms with Gasteiger partial charge in [-0.05, 0) is 24.1 Å². The number of carboxylic acid groups (broad SMARTS) is 1. The van der Waals surface area contributed by atoms with Crippen molar-refractivity contribution in [3.05, 3.63) is 29.8 Å². The van der Waals surface area contributed by atoms with Crippen LogP contribution in [0.2, 0.25) is 0 Å². The first-order chi connectivity index (χ1) is 8.17. The van der Waals surface area contributed by atoms with E-state index in [1.54, 1.807) is 0 Å². The summed E-state index contributed by atoms with van der Waals surface area (Å²) in [6, 6.07) is 7.11. The van der Waals surface area contributed by atoms with Crippen molar-refractivity contribution in [3.8, 4) is 0 Å². The van der Waals surface area contributed by atoms with Crippen LogP contribution < -0.4 is 5.32 Å². The van der Waals surface area contributed by atoms with E-state index in [-0.39, 0.29) is 6.61 Å². The van der Waals surface area contributed by atoms with Crippen LogP contribution in [0.1, 0.15) is 18.9 Å². The van der Waals surface area contributed by atoms with Gasteiger partial charge in [-0.1, -0.05) is 25.5 Å². The Labute approximate surface area is 102 Å². The van der Waals surface area contributed by atoms with E-state index in [1.807, 2.05) is 24.3 Å². The Bertz CT molecular complexity index is 348. The predicted molar refractivity (Wildman–Crippen MR) is 67.4 cm³/mol. The highest BCUT2D eigenvalue weighted by Crippen LogP contribution is 2.12. The standard InChI is InChI=1S/C13H19NO3/c1-3-4-10-5-7-11(8-6-10)14-12(9-17-2)13(15)16/h5-8,12,14H,3-4,9H2,1-2H3,(H,15,16). The average molecular weight is 237 g/mol. The third-order valence-corrected chi connectivity index (χ3v) is 2.46. The molecule has 0 aliphatic heterocycles. The van der Waals surface area contributed by atoms with Gasteiger partial charge in [0.2, 0.25) is 0 Å². The molecule has 1 aromatic rings. The number of carboxylic acids is 1. The second kappa shape index (κ2) is 6.91. The summed E-state index contributed by atoms with van der Waals surface area (Å²) in [5.74, 6) is -0.913. The number of nitrogens with one attached hydrogen (secondary N) is 1. The first-order valence-corrected chi connectivity index (χ1v) is 5.74. The maximum absolute atomic E-state index is 10.9. The van der Waals surface area contributed by atoms with Crippen LogP contribution in [0.4, 0.5) is 5.69 Å². The molecule has 94 valence electrons. The number of carbonyl (C=O) groups is 1. The third-order valence-electron chi connectivity index (χ3n) is 2.46. The van der Waals surface area contributed by atoms with Gasteiger partial charge in [0.15, 0.2) is 0 Å². The average Bonchev–Trinajstić information content (AvgIpc) is 2.31. The number of anilines is 1. The Balaban J connectivity index is 2.63. The largest absolute Gasteiger partial charge is 0.480 e. The number of hydrogen-bond donors (Lipinski definition) is 2. The van der Waals surface area contributed by atoms with Crippen LogP contribution in [0, 0.1) is 0 Å². The second-order valence-electron chi connectivity index (χ2n) is 3.94. The molecule has 0 saturated carbocycles. The van der Waals surface area contributed by atoms with E-state index < -0.39 is 12.0 Å². The molecule has 0 amide bonds. The highest BCUT2D eigenvalue weighted by molar-refractivity contribution is 5.77. The Kier molecular flexibility index (Phi) is 5.49. The predicted octanol–water partition coefficient (Wildman–Crippen LogP) is 2.15. The van der Waals surface area contributed by atoms with E-state index in [4.69, 9.17) is 9.84 Å². The van der Waals surface area contributed by atoms with Crippen molar-refractivity contribution in [1.82, 2.24) is 0 Å². The van der Waals surface area contributed by atoms with Crippen molar-refractivity contribution in [2.45, 2.75) is 25.8 Å². The SMILES string of the molecule is CCCc1ccc(NC(COC)C(=O)O)cc1. The van der Waals surface area contributed by atoms with Crippen molar-refractivity contribution >= 4 is 11.7 Å². The van der Waals surface area contributed by atoms with Gasteiger partial charge in [-0.3, -0.25) is 0 Å². The van der Waals surface area contributed by atoms with Gasteiger partial charge >= 0.3 is 5.97 Å². The fraction of sp³-hybridized carbons (Fsp3) is 0.462. The zero-order valence-electron chi connectivity index (χ0n) is 10.3. The molecular weight excluding hydrogens is 218 g/mol. The van der Waals surface area contributed by atoms with E-state index in [0.717, 1.165) is 18.5 Å². The lowest BCUT2D eigenvalue weighted by atomic mass is 10.1. The molecule has 17 heavy (non-hydrogen) atoms. The molecule has 0 bridgehead atoms. The second-order valence-corrected chi connectivity index (χ2v) is 3.94. The Morgan fingerprint density at radius 2 is 2.06 bits per heavy atom. The molecule has 1 unspecified atom stereocenters. The van der Waals surface area contributed by atoms with Crippen molar-refractivity contribution in [2.24, 2.45) is 0 Å². The summed E-state index contributed by atoms with van der Waals surface area (Å²) in [5, 5.41) is 11.9. The van der Waals surface area contributed by atoms with Gasteiger partial charge in [-0.2, -0.15) is 0 Å². The van der Waals surface area contributed by atoms with Crippen molar-refractivity contribution < 1.29 is 14.6 Å². The number of rotatable bonds is 7. The lowest BCUT2D eigenvalue weighted by Crippen LogP contribution is -2.33. The monoisotopic (exact) mass is 237 g/mol. The Hall–Kier alpha value is -1.55. The lowest BCUT2D eigenvalue weighted by molar-refractivity contribution is -0.139. The Morgan fingerprint density at radius 1 is 1.41 bits per heavy atom. The molecule has 0 heterocycles. The first kappa shape index (κ1) is 13.5. The fourth-order valence-corrected chi connectivity index (χ4v) is 1.60. The zero-order valence-corrected chi connectivity index (χ0v) is 10.3. The number of aliphatic carboxylic acids is 1. The molecule has 0 fully saturated rings. The van der Waals surface area contributed by atoms with Crippen LogP contribution in [0.15, 0.2) is 24.3 Å². The molecule has 1 rings (SSSR count). The molecule has 4 nitrogen and oxygen atoms in total. The van der Waals surface area contributed by atoms with Gasteiger partial charge in [0.05, 0.1) is 6.61 Å². The molecule has 4 heteroatoms. The van der Waals surface area contributed by atoms with Crippen LogP contribution in [0.3, 0.4) is 0 Å². The van der Waals surface area contributed by atoms with Gasteiger partial charge in [0, 0.05) is 12.8 Å². The van der Waals surface area contributed by atoms with E-state index in [0.29, 0.717) is 0 Å². The fourth-order valence-electron chi connectivity index (χ4n) is 1.60. The molecule has 0 aliphatic carbocycles. The molecule has 0 aromatic heterocycles. The number of hydrogen-bond acceptors (Lipinski definition) is 3. The van der Waals surface area contributed by atoms with Gasteiger partial charge in [0.1, 0.15) is 6.04 Å². The molecule has 1 atom stereocenters. The summed E-state index contributed by atoms with van der Waals surface area (Å²) in [7, 11) is 1.49. The third kappa shape index (κ3) is 4.44. The number of ether oxygens (including phenoxy) is 1. The number of aryl methyl sites for hydroxylation is 1. The van der Waals surface area contributed by atoms with Crippen molar-refractivity contribution in [2.75, 3.05) is 19.0 Å². The van der Waals surface area contributed by atoms with E-state index in [1.165, 1.54) is 12.7 Å². The molecule has 0 saturated heterocycles. The summed E-state index contributed by atoms with van der Waals surface area (Å²) in [6.45, 7) is 2.28. The van der Waals surface area contributed by atoms with Gasteiger partial charge < -0.3 is 15.2 Å². The molecular formula is C13H19NO3. The van der Waals surface area contributed by atoms with E-state index >= 15 is 0 Å². The van der Waals surface area contributed by atoms with Crippen LogP contribution in [-0.2, 0) is 16.0 Å². The summed E-state index contributed by atoms with van der Waals surface area (Å²) in [4.78, 5) is 10.9. The zero-order chi connectivity index (χ0) is 12.7. The summed E-state index contributed by atoms with van der Waals surface area (Å²) in [6.07, 6.45) is 2.15. The summed E-state index contributed by atoms with van der Waals surface area (Å²) < 4.78 is 4.86. The van der Waals surface area contributed by atoms with Crippen LogP contribution in [0.5, 0.6) is 0 Å². The molecule has 0 aliphatic rings. The molecule has 1 aromatic carbocycles. The number of benzene rings is 1. The maximum atomic E-state index is 10.9. The molecule has 0 spiro atoms. The summed E-state index contributed by atoms with van der Waals surface area (Å²) in [5.41, 5.74) is 2.06. The van der Waals surface area contributed by atoms with E-state index in [9.17, 15) is 4.79 Å². The number of methoxy groups -OCH3 is 1. The van der Waals surface area contributed by atoms with Gasteiger partial charge in [-0.15, -0.1) is 0 Å². The highest BCUT2D eigenvalue weighted by Gasteiger charge is 2.16. The molecule has 2 N–H and O–H groups in total. The maximum Gasteiger partial charge on any atom is 0.328 e. The minimum atomic E-state index is -0.913. The van der Waals surface area contributed by atoms with Gasteiger partial charge in [0.25, 0.3) is 0 Å². The normalized spacial score (nSPS) is 12.1. The van der Waals surface area contributed by atoms with Crippen LogP contribution in [0.25, 0.3) is 0 Å². The highest BCUT2D eigenvalue weighted by atomic mass is 16.5. The Morgan fingerprint density at radius 3 is 2.53 bits per heavy atom. The summed E-state index contributed by atoms with van der Waals surface area (Å²) >= 11 is 0. The smallest absolute Gasteiger partial charge is 0.328 e.